The first-order valence-corrected chi connectivity index (χ1v) is 14.3. The molecule has 0 unspecified atom stereocenters. The number of carbonyl (C=O) groups is 1. The van der Waals surface area contributed by atoms with E-state index in [-0.39, 0.29) is 23.5 Å². The van der Waals surface area contributed by atoms with Crippen molar-refractivity contribution in [2.75, 3.05) is 12.9 Å². The Bertz CT molecular complexity index is 1010. The summed E-state index contributed by atoms with van der Waals surface area (Å²) >= 11 is 1.87. The third-order valence-corrected chi connectivity index (χ3v) is 6.66. The lowest BCUT2D eigenvalue weighted by Gasteiger charge is -2.15. The highest BCUT2D eigenvalue weighted by Crippen LogP contribution is 2.30. The highest BCUT2D eigenvalue weighted by molar-refractivity contribution is 14.1. The van der Waals surface area contributed by atoms with Crippen LogP contribution in [0, 0.1) is 3.57 Å². The minimum Gasteiger partial charge on any atom is -0.462 e. The average Bonchev–Trinajstić information content (AvgIpc) is 2.47. The molecule has 0 aliphatic heterocycles. The fraction of sp³-hybridized carbons (Fsp3) is 0.375. The van der Waals surface area contributed by atoms with Crippen molar-refractivity contribution in [2.24, 2.45) is 0 Å². The van der Waals surface area contributed by atoms with Crippen LogP contribution in [-0.2, 0) is 14.9 Å². The third kappa shape index (κ3) is 5.55. The zero-order valence-corrected chi connectivity index (χ0v) is 18.8. The van der Waals surface area contributed by atoms with E-state index in [0.717, 1.165) is 12.3 Å². The maximum atomic E-state index is 12.2. The van der Waals surface area contributed by atoms with E-state index in [2.05, 4.69) is 19.6 Å². The van der Waals surface area contributed by atoms with Crippen molar-refractivity contribution in [1.29, 1.82) is 0 Å². The largest absolute Gasteiger partial charge is 0.462 e. The molecule has 1 aromatic heterocycles. The summed E-state index contributed by atoms with van der Waals surface area (Å²) in [4.78, 5) is 24.3. The molecule has 0 aliphatic carbocycles. The number of benzene rings is 1. The molecular formula is C16H19IO7SSi. The summed E-state index contributed by atoms with van der Waals surface area (Å²) in [6.07, 6.45) is 0.930. The molecule has 2 aromatic rings. The molecule has 0 radical (unpaired) electrons. The second-order valence-corrected chi connectivity index (χ2v) is 15.2. The van der Waals surface area contributed by atoms with Crippen LogP contribution in [0.4, 0.5) is 0 Å². The number of hydrogen-bond donors (Lipinski definition) is 0. The number of rotatable bonds is 6. The molecule has 1 aromatic carbocycles. The topological polar surface area (TPSA) is 99.9 Å². The smallest absolute Gasteiger partial charge is 0.351 e. The molecule has 0 atom stereocenters. The summed E-state index contributed by atoms with van der Waals surface area (Å²) in [5, 5.41) is 0.392. The Morgan fingerprint density at radius 2 is 1.92 bits per heavy atom. The van der Waals surface area contributed by atoms with Crippen molar-refractivity contribution in [3.63, 3.8) is 0 Å². The highest BCUT2D eigenvalue weighted by Gasteiger charge is 2.20. The van der Waals surface area contributed by atoms with Crippen LogP contribution in [0.25, 0.3) is 11.0 Å². The molecule has 0 amide bonds. The molecule has 1 heterocycles. The number of hydrogen-bond acceptors (Lipinski definition) is 7. The Morgan fingerprint density at radius 3 is 2.50 bits per heavy atom. The minimum atomic E-state index is -3.71. The van der Waals surface area contributed by atoms with Gasteiger partial charge < -0.3 is 13.3 Å². The van der Waals surface area contributed by atoms with E-state index >= 15 is 0 Å². The minimum absolute atomic E-state index is 0.0903. The van der Waals surface area contributed by atoms with Gasteiger partial charge in [-0.3, -0.25) is 0 Å². The van der Waals surface area contributed by atoms with Crippen LogP contribution < -0.4 is 9.81 Å². The van der Waals surface area contributed by atoms with Crippen LogP contribution in [0.15, 0.2) is 27.4 Å². The van der Waals surface area contributed by atoms with Gasteiger partial charge >= 0.3 is 21.7 Å². The van der Waals surface area contributed by atoms with Gasteiger partial charge in [0.15, 0.2) is 5.75 Å². The number of esters is 1. The lowest BCUT2D eigenvalue weighted by molar-refractivity contribution is 0.0520. The van der Waals surface area contributed by atoms with E-state index in [4.69, 9.17) is 13.3 Å². The number of carbonyl (C=O) groups excluding carboxylic acids is 1. The van der Waals surface area contributed by atoms with Gasteiger partial charge in [0.05, 0.1) is 16.4 Å². The lowest BCUT2D eigenvalue weighted by atomic mass is 10.2. The molecule has 2 rings (SSSR count). The maximum Gasteiger partial charge on any atom is 0.351 e. The number of fused-ring (bicyclic) bond motifs is 1. The van der Waals surface area contributed by atoms with Crippen LogP contribution >= 0.6 is 22.6 Å². The fourth-order valence-corrected chi connectivity index (χ4v) is 4.07. The lowest BCUT2D eigenvalue weighted by Crippen LogP contribution is -2.24. The number of ether oxygens (including phenoxy) is 1. The van der Waals surface area contributed by atoms with Crippen LogP contribution in [0.5, 0.6) is 5.75 Å². The second-order valence-electron chi connectivity index (χ2n) is 6.97. The molecular weight excluding hydrogens is 491 g/mol. The first-order chi connectivity index (χ1) is 11.9. The maximum absolute atomic E-state index is 12.2. The van der Waals surface area contributed by atoms with Gasteiger partial charge in [-0.05, 0) is 46.8 Å². The second kappa shape index (κ2) is 7.68. The zero-order chi connectivity index (χ0) is 19.7. The van der Waals surface area contributed by atoms with Crippen molar-refractivity contribution >= 4 is 57.7 Å². The van der Waals surface area contributed by atoms with E-state index in [1.165, 1.54) is 18.2 Å². The average molecular weight is 510 g/mol. The Labute approximate surface area is 165 Å². The monoisotopic (exact) mass is 510 g/mol. The molecule has 0 spiro atoms. The molecule has 7 nitrogen and oxygen atoms in total. The molecule has 142 valence electrons. The van der Waals surface area contributed by atoms with Crippen LogP contribution in [0.2, 0.25) is 25.7 Å². The normalized spacial score (nSPS) is 12.2. The van der Waals surface area contributed by atoms with E-state index in [9.17, 15) is 18.0 Å². The van der Waals surface area contributed by atoms with E-state index in [1.54, 1.807) is 0 Å². The zero-order valence-electron chi connectivity index (χ0n) is 14.8. The molecule has 0 bridgehead atoms. The summed E-state index contributed by atoms with van der Waals surface area (Å²) in [5.41, 5.74) is -0.815. The van der Waals surface area contributed by atoms with Crippen molar-refractivity contribution in [1.82, 2.24) is 0 Å². The first kappa shape index (κ1) is 20.9. The predicted molar refractivity (Wildman–Crippen MR) is 109 cm³/mol. The van der Waals surface area contributed by atoms with Crippen LogP contribution in [0.1, 0.15) is 10.4 Å². The van der Waals surface area contributed by atoms with Gasteiger partial charge in [-0.15, -0.1) is 0 Å². The van der Waals surface area contributed by atoms with Gasteiger partial charge in [-0.25, -0.2) is 9.59 Å². The molecule has 10 heteroatoms. The third-order valence-electron chi connectivity index (χ3n) is 3.36. The fourth-order valence-electron chi connectivity index (χ4n) is 2.03. The van der Waals surface area contributed by atoms with Crippen LogP contribution in [0.3, 0.4) is 0 Å². The van der Waals surface area contributed by atoms with Gasteiger partial charge in [0.2, 0.25) is 0 Å². The van der Waals surface area contributed by atoms with E-state index < -0.39 is 29.8 Å². The summed E-state index contributed by atoms with van der Waals surface area (Å²) < 4.78 is 38.4. The molecule has 0 saturated carbocycles. The van der Waals surface area contributed by atoms with Crippen LogP contribution in [-0.4, -0.2) is 35.3 Å². The van der Waals surface area contributed by atoms with Gasteiger partial charge in [0.1, 0.15) is 11.1 Å². The van der Waals surface area contributed by atoms with Crippen molar-refractivity contribution < 1.29 is 26.5 Å². The summed E-state index contributed by atoms with van der Waals surface area (Å²) in [6.45, 7) is 6.69. The molecule has 0 saturated heterocycles. The van der Waals surface area contributed by atoms with Gasteiger partial charge in [0, 0.05) is 13.5 Å². The Kier molecular flexibility index (Phi) is 6.18. The predicted octanol–water partition coefficient (Wildman–Crippen LogP) is 3.23. The van der Waals surface area contributed by atoms with Crippen molar-refractivity contribution in [3.05, 3.63) is 37.8 Å². The number of halogens is 1. The SMILES string of the molecule is C[Si](C)(C)CCOC(=O)c1cc2c(I)c(OS(C)(=O)=O)ccc2oc1=O. The molecule has 0 N–H and O–H groups in total. The summed E-state index contributed by atoms with van der Waals surface area (Å²) in [5.74, 6) is -0.670. The standard InChI is InChI=1S/C16H19IO7SSi/c1-25(20,21)24-13-6-5-12-10(14(13)17)9-11(16(19)23-12)15(18)22-7-8-26(2,3)4/h5-6,9H,7-8H2,1-4H3. The summed E-state index contributed by atoms with van der Waals surface area (Å²) in [7, 11) is -5.09. The van der Waals surface area contributed by atoms with Gasteiger partial charge in [0.25, 0.3) is 0 Å². The first-order valence-electron chi connectivity index (χ1n) is 7.70. The van der Waals surface area contributed by atoms with Gasteiger partial charge in [-0.2, -0.15) is 8.42 Å². The van der Waals surface area contributed by atoms with E-state index in [1.807, 2.05) is 22.6 Å². The Hall–Kier alpha value is -1.40. The van der Waals surface area contributed by atoms with Crippen molar-refractivity contribution in [3.8, 4) is 5.75 Å². The van der Waals surface area contributed by atoms with E-state index in [0.29, 0.717) is 8.96 Å². The Morgan fingerprint density at radius 1 is 1.27 bits per heavy atom. The molecule has 0 aliphatic rings. The molecule has 0 fully saturated rings. The Balaban J connectivity index is 2.39. The quantitative estimate of drug-likeness (QED) is 0.193. The molecule has 26 heavy (non-hydrogen) atoms. The van der Waals surface area contributed by atoms with Gasteiger partial charge in [-0.1, -0.05) is 19.6 Å². The van der Waals surface area contributed by atoms with Crippen molar-refractivity contribution in [2.45, 2.75) is 25.7 Å². The highest BCUT2D eigenvalue weighted by atomic mass is 127. The summed E-state index contributed by atoms with van der Waals surface area (Å²) in [6, 6.07) is 4.93.